The van der Waals surface area contributed by atoms with Crippen LogP contribution in [-0.2, 0) is 19.2 Å². The fourth-order valence-corrected chi connectivity index (χ4v) is 2.40. The van der Waals surface area contributed by atoms with E-state index in [0.717, 1.165) is 0 Å². The summed E-state index contributed by atoms with van der Waals surface area (Å²) < 4.78 is 0. The first-order chi connectivity index (χ1) is 8.73. The second-order valence-electron chi connectivity index (χ2n) is 4.04. The van der Waals surface area contributed by atoms with E-state index in [1.54, 1.807) is 0 Å². The minimum absolute atomic E-state index is 0.0565. The third kappa shape index (κ3) is 9.38. The topological polar surface area (TPSA) is 68.3 Å². The lowest BCUT2D eigenvalue weighted by Crippen LogP contribution is -2.21. The summed E-state index contributed by atoms with van der Waals surface area (Å²) in [5.41, 5.74) is 0. The Bertz CT molecular complexity index is 328. The molecule has 0 bridgehead atoms. The Balaban J connectivity index is 0.000000399. The molecule has 8 heteroatoms. The van der Waals surface area contributed by atoms with Gasteiger partial charge in [-0.05, 0) is 72.1 Å². The van der Waals surface area contributed by atoms with Crippen LogP contribution in [0.5, 0.6) is 0 Å². The van der Waals surface area contributed by atoms with Crippen molar-refractivity contribution < 1.29 is 19.2 Å². The van der Waals surface area contributed by atoms with Crippen LogP contribution in [0.25, 0.3) is 0 Å². The third-order valence-electron chi connectivity index (χ3n) is 2.65. The van der Waals surface area contributed by atoms with Crippen LogP contribution in [0, 0.1) is 11.8 Å². The average molecular weight is 350 g/mol. The molecule has 1 aliphatic carbocycles. The molecule has 0 amide bonds. The zero-order valence-corrected chi connectivity index (χ0v) is 12.9. The molecular formula is C11H12Cl4O4. The van der Waals surface area contributed by atoms with Gasteiger partial charge in [0.15, 0.2) is 0 Å². The van der Waals surface area contributed by atoms with Crippen molar-refractivity contribution in [2.24, 2.45) is 11.8 Å². The molecule has 0 radical (unpaired) electrons. The SMILES string of the molecule is O=C(Cl)C1CCC(C(=O)Cl)CC1.O=C(Cl)CC(=O)Cl. The van der Waals surface area contributed by atoms with Gasteiger partial charge in [0.05, 0.1) is 6.42 Å². The number of halogens is 4. The van der Waals surface area contributed by atoms with Gasteiger partial charge in [-0.25, -0.2) is 0 Å². The van der Waals surface area contributed by atoms with Crippen LogP contribution in [0.15, 0.2) is 0 Å². The van der Waals surface area contributed by atoms with Crippen LogP contribution in [0.3, 0.4) is 0 Å². The first-order valence-electron chi connectivity index (χ1n) is 5.49. The van der Waals surface area contributed by atoms with E-state index in [2.05, 4.69) is 0 Å². The summed E-state index contributed by atoms with van der Waals surface area (Å²) in [5, 5.41) is -2.01. The first kappa shape index (κ1) is 18.8. The van der Waals surface area contributed by atoms with Crippen LogP contribution in [-0.4, -0.2) is 21.0 Å². The summed E-state index contributed by atoms with van der Waals surface area (Å²) in [7, 11) is 0. The first-order valence-corrected chi connectivity index (χ1v) is 7.00. The van der Waals surface area contributed by atoms with Gasteiger partial charge < -0.3 is 0 Å². The molecule has 0 atom stereocenters. The Morgan fingerprint density at radius 1 is 0.684 bits per heavy atom. The van der Waals surface area contributed by atoms with Gasteiger partial charge >= 0.3 is 0 Å². The summed E-state index contributed by atoms with van der Waals surface area (Å²) in [4.78, 5) is 40.9. The highest BCUT2D eigenvalue weighted by Crippen LogP contribution is 2.31. The predicted octanol–water partition coefficient (Wildman–Crippen LogP) is 3.23. The van der Waals surface area contributed by atoms with Gasteiger partial charge in [0.25, 0.3) is 0 Å². The maximum atomic E-state index is 10.7. The molecule has 4 nitrogen and oxygen atoms in total. The van der Waals surface area contributed by atoms with E-state index in [1.165, 1.54) is 0 Å². The summed E-state index contributed by atoms with van der Waals surface area (Å²) in [5.74, 6) is -0.113. The highest BCUT2D eigenvalue weighted by atomic mass is 35.5. The molecule has 0 aromatic rings. The minimum Gasteiger partial charge on any atom is -0.281 e. The van der Waals surface area contributed by atoms with Crippen molar-refractivity contribution in [1.29, 1.82) is 0 Å². The Morgan fingerprint density at radius 2 is 0.947 bits per heavy atom. The highest BCUT2D eigenvalue weighted by Gasteiger charge is 2.27. The van der Waals surface area contributed by atoms with E-state index in [-0.39, 0.29) is 28.7 Å². The van der Waals surface area contributed by atoms with Crippen LogP contribution in [0.1, 0.15) is 32.1 Å². The normalized spacial score (nSPS) is 21.9. The Kier molecular flexibility index (Phi) is 9.62. The van der Waals surface area contributed by atoms with Gasteiger partial charge in [-0.15, -0.1) is 0 Å². The van der Waals surface area contributed by atoms with Gasteiger partial charge in [0, 0.05) is 11.8 Å². The fraction of sp³-hybridized carbons (Fsp3) is 0.636. The molecule has 1 aliphatic rings. The van der Waals surface area contributed by atoms with Gasteiger partial charge in [-0.3, -0.25) is 19.2 Å². The average Bonchev–Trinajstić information content (AvgIpc) is 2.28. The second-order valence-corrected chi connectivity index (χ2v) is 5.63. The van der Waals surface area contributed by atoms with Crippen LogP contribution >= 0.6 is 46.4 Å². The van der Waals surface area contributed by atoms with Gasteiger partial charge in [0.2, 0.25) is 21.0 Å². The molecule has 0 aromatic heterocycles. The molecule has 0 heterocycles. The van der Waals surface area contributed by atoms with Crippen molar-refractivity contribution >= 4 is 67.4 Å². The maximum absolute atomic E-state index is 10.7. The van der Waals surface area contributed by atoms with Crippen molar-refractivity contribution in [3.8, 4) is 0 Å². The Hall–Kier alpha value is -0.160. The quantitative estimate of drug-likeness (QED) is 0.577. The number of carbonyl (C=O) groups is 4. The van der Waals surface area contributed by atoms with Crippen molar-refractivity contribution in [3.63, 3.8) is 0 Å². The van der Waals surface area contributed by atoms with E-state index >= 15 is 0 Å². The van der Waals surface area contributed by atoms with Crippen LogP contribution in [0.2, 0.25) is 0 Å². The van der Waals surface area contributed by atoms with Gasteiger partial charge in [-0.2, -0.15) is 0 Å². The molecule has 0 N–H and O–H groups in total. The summed E-state index contributed by atoms with van der Waals surface area (Å²) in [6, 6.07) is 0. The molecule has 1 rings (SSSR count). The van der Waals surface area contributed by atoms with Crippen LogP contribution < -0.4 is 0 Å². The zero-order valence-electron chi connectivity index (χ0n) is 9.84. The fourth-order valence-electron chi connectivity index (χ4n) is 1.66. The van der Waals surface area contributed by atoms with E-state index in [9.17, 15) is 19.2 Å². The van der Waals surface area contributed by atoms with Crippen molar-refractivity contribution in [3.05, 3.63) is 0 Å². The number of hydrogen-bond acceptors (Lipinski definition) is 4. The molecule has 0 unspecified atom stereocenters. The molecule has 0 saturated heterocycles. The lowest BCUT2D eigenvalue weighted by atomic mass is 9.83. The van der Waals surface area contributed by atoms with Crippen molar-refractivity contribution in [1.82, 2.24) is 0 Å². The molecule has 0 aromatic carbocycles. The van der Waals surface area contributed by atoms with E-state index in [4.69, 9.17) is 46.4 Å². The summed E-state index contributed by atoms with van der Waals surface area (Å²) in [6.07, 6.45) is 2.41. The molecule has 0 spiro atoms. The van der Waals surface area contributed by atoms with E-state index < -0.39 is 10.5 Å². The monoisotopic (exact) mass is 348 g/mol. The van der Waals surface area contributed by atoms with E-state index in [1.807, 2.05) is 0 Å². The molecule has 0 aliphatic heterocycles. The molecule has 1 saturated carbocycles. The molecular weight excluding hydrogens is 338 g/mol. The smallest absolute Gasteiger partial charge is 0.230 e. The van der Waals surface area contributed by atoms with Crippen molar-refractivity contribution in [2.45, 2.75) is 32.1 Å². The predicted molar refractivity (Wildman–Crippen MR) is 73.5 cm³/mol. The Morgan fingerprint density at radius 3 is 1.05 bits per heavy atom. The third-order valence-corrected chi connectivity index (χ3v) is 3.53. The standard InChI is InChI=1S/C8H10Cl2O2.C3H2Cl2O2/c9-7(11)5-1-2-6(4-3-5)8(10)12;4-2(6)1-3(5)7/h5-6H,1-4H2;1H2. The number of carbonyl (C=O) groups excluding carboxylic acids is 4. The minimum atomic E-state index is -0.722. The van der Waals surface area contributed by atoms with Gasteiger partial charge in [0.1, 0.15) is 0 Å². The summed E-state index contributed by atoms with van der Waals surface area (Å²) >= 11 is 20.1. The molecule has 1 fully saturated rings. The van der Waals surface area contributed by atoms with Gasteiger partial charge in [-0.1, -0.05) is 0 Å². The van der Waals surface area contributed by atoms with Crippen LogP contribution in [0.4, 0.5) is 0 Å². The zero-order chi connectivity index (χ0) is 15.0. The van der Waals surface area contributed by atoms with E-state index in [0.29, 0.717) is 25.7 Å². The largest absolute Gasteiger partial charge is 0.281 e. The summed E-state index contributed by atoms with van der Waals surface area (Å²) in [6.45, 7) is 0. The Labute approximate surface area is 130 Å². The number of hydrogen-bond donors (Lipinski definition) is 0. The number of rotatable bonds is 4. The van der Waals surface area contributed by atoms with Crippen molar-refractivity contribution in [2.75, 3.05) is 0 Å². The molecule has 108 valence electrons. The lowest BCUT2D eigenvalue weighted by molar-refractivity contribution is -0.120. The lowest BCUT2D eigenvalue weighted by Gasteiger charge is -2.23. The highest BCUT2D eigenvalue weighted by molar-refractivity contribution is 6.72. The molecule has 19 heavy (non-hydrogen) atoms. The second kappa shape index (κ2) is 9.70. The maximum Gasteiger partial charge on any atom is 0.230 e.